The third kappa shape index (κ3) is 4.55. The van der Waals surface area contributed by atoms with E-state index in [0.717, 1.165) is 48.4 Å². The number of methoxy groups -OCH3 is 2. The molecule has 6 heteroatoms. The van der Waals surface area contributed by atoms with E-state index in [-0.39, 0.29) is 24.4 Å². The number of carbonyl (C=O) groups excluding carboxylic acids is 1. The van der Waals surface area contributed by atoms with Crippen LogP contribution in [0.5, 0.6) is 11.5 Å². The second-order valence-electron chi connectivity index (χ2n) is 8.64. The van der Waals surface area contributed by atoms with Crippen LogP contribution in [0.3, 0.4) is 0 Å². The van der Waals surface area contributed by atoms with Crippen LogP contribution in [0.2, 0.25) is 0 Å². The number of fused-ring (bicyclic) bond motifs is 1. The largest absolute Gasteiger partial charge is 0.497 e. The van der Waals surface area contributed by atoms with Gasteiger partial charge in [-0.05, 0) is 49.6 Å². The predicted octanol–water partition coefficient (Wildman–Crippen LogP) is 4.01. The summed E-state index contributed by atoms with van der Waals surface area (Å²) < 4.78 is 11.2. The quantitative estimate of drug-likeness (QED) is 0.733. The molecule has 1 aliphatic heterocycles. The van der Waals surface area contributed by atoms with E-state index in [1.54, 1.807) is 14.2 Å². The number of likely N-dealkylation sites (tertiary alicyclic amines) is 1. The Morgan fingerprint density at radius 2 is 1.94 bits per heavy atom. The van der Waals surface area contributed by atoms with Gasteiger partial charge in [0.2, 0.25) is 5.91 Å². The maximum Gasteiger partial charge on any atom is 0.238 e. The van der Waals surface area contributed by atoms with Gasteiger partial charge < -0.3 is 19.9 Å². The van der Waals surface area contributed by atoms with Gasteiger partial charge in [0.25, 0.3) is 0 Å². The van der Waals surface area contributed by atoms with E-state index >= 15 is 0 Å². The maximum absolute atomic E-state index is 12.9. The molecule has 0 radical (unpaired) electrons. The van der Waals surface area contributed by atoms with Gasteiger partial charge >= 0.3 is 0 Å². The molecular formula is C25H32N2O4. The summed E-state index contributed by atoms with van der Waals surface area (Å²) in [6.45, 7) is 0.909. The molecule has 1 saturated carbocycles. The molecule has 0 aromatic heterocycles. The number of nitrogens with one attached hydrogen (secondary N) is 1. The fraction of sp³-hybridized carbons (Fsp3) is 0.480. The van der Waals surface area contributed by atoms with Gasteiger partial charge in [-0.2, -0.15) is 0 Å². The van der Waals surface area contributed by atoms with E-state index in [1.165, 1.54) is 0 Å². The summed E-state index contributed by atoms with van der Waals surface area (Å²) >= 11 is 0. The van der Waals surface area contributed by atoms with Crippen molar-refractivity contribution in [3.63, 3.8) is 0 Å². The Kier molecular flexibility index (Phi) is 6.49. The number of piperidine rings is 1. The smallest absolute Gasteiger partial charge is 0.238 e. The van der Waals surface area contributed by atoms with Crippen molar-refractivity contribution < 1.29 is 19.4 Å². The van der Waals surface area contributed by atoms with Crippen LogP contribution < -0.4 is 14.8 Å². The molecule has 2 aliphatic rings. The van der Waals surface area contributed by atoms with E-state index in [9.17, 15) is 9.90 Å². The number of aliphatic hydroxyl groups is 1. The monoisotopic (exact) mass is 424 g/mol. The molecule has 3 atom stereocenters. The van der Waals surface area contributed by atoms with Crippen molar-refractivity contribution in [3.8, 4) is 11.5 Å². The lowest BCUT2D eigenvalue weighted by atomic mass is 9.66. The predicted molar refractivity (Wildman–Crippen MR) is 120 cm³/mol. The van der Waals surface area contributed by atoms with E-state index in [4.69, 9.17) is 9.47 Å². The number of para-hydroxylation sites is 1. The molecular weight excluding hydrogens is 392 g/mol. The highest BCUT2D eigenvalue weighted by atomic mass is 16.5. The maximum atomic E-state index is 12.9. The second kappa shape index (κ2) is 9.28. The first-order valence-corrected chi connectivity index (χ1v) is 11.1. The molecule has 1 aliphatic carbocycles. The normalized spacial score (nSPS) is 26.0. The standard InChI is InChI=1S/C25H32N2O4/c1-30-19-11-12-22(31-2)20(16-19)24-21-10-6-7-13-25(21,29)14-15-27(24)17-23(28)26-18-8-4-3-5-9-18/h3-5,8-9,11-12,16,21,24,29H,6-7,10,13-15,17H2,1-2H3,(H,26,28)/t21-,24+,25+/m1/s1. The summed E-state index contributed by atoms with van der Waals surface area (Å²) in [6, 6.07) is 15.2. The fourth-order valence-electron chi connectivity index (χ4n) is 5.31. The molecule has 31 heavy (non-hydrogen) atoms. The first kappa shape index (κ1) is 21.7. The number of benzene rings is 2. The highest BCUT2D eigenvalue weighted by molar-refractivity contribution is 5.92. The average Bonchev–Trinajstić information content (AvgIpc) is 2.79. The zero-order valence-corrected chi connectivity index (χ0v) is 18.3. The van der Waals surface area contributed by atoms with Gasteiger partial charge in [-0.15, -0.1) is 0 Å². The van der Waals surface area contributed by atoms with Gasteiger partial charge in [0.05, 0.1) is 26.4 Å². The number of hydrogen-bond acceptors (Lipinski definition) is 5. The minimum absolute atomic E-state index is 0.0422. The first-order chi connectivity index (χ1) is 15.0. The zero-order chi connectivity index (χ0) is 21.8. The molecule has 166 valence electrons. The van der Waals surface area contributed by atoms with Crippen molar-refractivity contribution in [2.45, 2.75) is 43.7 Å². The van der Waals surface area contributed by atoms with Gasteiger partial charge in [-0.1, -0.05) is 31.0 Å². The Morgan fingerprint density at radius 1 is 1.13 bits per heavy atom. The van der Waals surface area contributed by atoms with Gasteiger partial charge in [0, 0.05) is 29.8 Å². The molecule has 0 spiro atoms. The van der Waals surface area contributed by atoms with Crippen LogP contribution >= 0.6 is 0 Å². The SMILES string of the molecule is COc1ccc(OC)c([C@H]2[C@H]3CCCC[C@]3(O)CCN2CC(=O)Nc2ccccc2)c1. The molecule has 1 heterocycles. The van der Waals surface area contributed by atoms with Crippen molar-refractivity contribution in [2.24, 2.45) is 5.92 Å². The lowest BCUT2D eigenvalue weighted by Crippen LogP contribution is -2.56. The number of rotatable bonds is 6. The third-order valence-electron chi connectivity index (χ3n) is 6.83. The first-order valence-electron chi connectivity index (χ1n) is 11.1. The molecule has 0 bridgehead atoms. The summed E-state index contributed by atoms with van der Waals surface area (Å²) in [5.41, 5.74) is 1.05. The summed E-state index contributed by atoms with van der Waals surface area (Å²) in [5, 5.41) is 14.5. The fourth-order valence-corrected chi connectivity index (χ4v) is 5.31. The van der Waals surface area contributed by atoms with Crippen LogP contribution in [-0.4, -0.2) is 48.8 Å². The van der Waals surface area contributed by atoms with Crippen LogP contribution in [0, 0.1) is 5.92 Å². The van der Waals surface area contributed by atoms with Crippen LogP contribution in [0.15, 0.2) is 48.5 Å². The van der Waals surface area contributed by atoms with Crippen molar-refractivity contribution in [1.29, 1.82) is 0 Å². The zero-order valence-electron chi connectivity index (χ0n) is 18.3. The summed E-state index contributed by atoms with van der Waals surface area (Å²) in [5.74, 6) is 1.49. The molecule has 1 amide bonds. The second-order valence-corrected chi connectivity index (χ2v) is 8.64. The molecule has 2 N–H and O–H groups in total. The molecule has 2 aromatic rings. The van der Waals surface area contributed by atoms with Gasteiger partial charge in [0.1, 0.15) is 11.5 Å². The average molecular weight is 425 g/mol. The summed E-state index contributed by atoms with van der Waals surface area (Å²) in [6.07, 6.45) is 4.55. The summed E-state index contributed by atoms with van der Waals surface area (Å²) in [7, 11) is 3.31. The van der Waals surface area contributed by atoms with E-state index < -0.39 is 5.60 Å². The van der Waals surface area contributed by atoms with Crippen molar-refractivity contribution in [1.82, 2.24) is 4.90 Å². The summed E-state index contributed by atoms with van der Waals surface area (Å²) in [4.78, 5) is 15.1. The number of hydrogen-bond donors (Lipinski definition) is 2. The van der Waals surface area contributed by atoms with Crippen molar-refractivity contribution >= 4 is 11.6 Å². The van der Waals surface area contributed by atoms with E-state index in [2.05, 4.69) is 10.2 Å². The van der Waals surface area contributed by atoms with Crippen molar-refractivity contribution in [2.75, 3.05) is 32.6 Å². The Balaban J connectivity index is 1.66. The van der Waals surface area contributed by atoms with Crippen LogP contribution in [0.25, 0.3) is 0 Å². The lowest BCUT2D eigenvalue weighted by molar-refractivity contribution is -0.135. The van der Waals surface area contributed by atoms with Gasteiger partial charge in [-0.3, -0.25) is 9.69 Å². The molecule has 0 unspecified atom stereocenters. The number of carbonyl (C=O) groups is 1. The number of ether oxygens (including phenoxy) is 2. The molecule has 2 aromatic carbocycles. The van der Waals surface area contributed by atoms with Gasteiger partial charge in [-0.25, -0.2) is 0 Å². The molecule has 1 saturated heterocycles. The van der Waals surface area contributed by atoms with Crippen molar-refractivity contribution in [3.05, 3.63) is 54.1 Å². The number of amides is 1. The highest BCUT2D eigenvalue weighted by Gasteiger charge is 2.49. The van der Waals surface area contributed by atoms with Crippen LogP contribution in [-0.2, 0) is 4.79 Å². The van der Waals surface area contributed by atoms with E-state index in [1.807, 2.05) is 48.5 Å². The third-order valence-corrected chi connectivity index (χ3v) is 6.83. The Hall–Kier alpha value is -2.57. The molecule has 6 nitrogen and oxygen atoms in total. The minimum atomic E-state index is -0.705. The van der Waals surface area contributed by atoms with Gasteiger partial charge in [0.15, 0.2) is 0 Å². The van der Waals surface area contributed by atoms with E-state index in [0.29, 0.717) is 13.0 Å². The highest BCUT2D eigenvalue weighted by Crippen LogP contribution is 2.51. The van der Waals surface area contributed by atoms with Crippen LogP contribution in [0.4, 0.5) is 5.69 Å². The Labute approximate surface area is 184 Å². The number of anilines is 1. The Bertz CT molecular complexity index is 904. The molecule has 2 fully saturated rings. The minimum Gasteiger partial charge on any atom is -0.497 e. The topological polar surface area (TPSA) is 71.0 Å². The number of nitrogens with zero attached hydrogens (tertiary/aromatic N) is 1. The van der Waals surface area contributed by atoms with Crippen LogP contribution in [0.1, 0.15) is 43.7 Å². The Morgan fingerprint density at radius 3 is 2.68 bits per heavy atom. The lowest BCUT2D eigenvalue weighted by Gasteiger charge is -2.52. The molecule has 4 rings (SSSR count).